The number of aromatic nitrogens is 1. The van der Waals surface area contributed by atoms with Crippen molar-refractivity contribution in [1.82, 2.24) is 10.1 Å². The van der Waals surface area contributed by atoms with Crippen LogP contribution >= 0.6 is 11.8 Å². The first-order valence-corrected chi connectivity index (χ1v) is 16.8. The minimum atomic E-state index is -2.90. The maximum Gasteiger partial charge on any atom is 0.326 e. The van der Waals surface area contributed by atoms with Crippen molar-refractivity contribution < 1.29 is 31.6 Å². The summed E-state index contributed by atoms with van der Waals surface area (Å²) in [7, 11) is -1.32. The summed E-state index contributed by atoms with van der Waals surface area (Å²) in [6, 6.07) is 11.9. The van der Waals surface area contributed by atoms with Gasteiger partial charge in [-0.25, -0.2) is 17.6 Å². The van der Waals surface area contributed by atoms with Gasteiger partial charge in [-0.3, -0.25) is 10.3 Å². The van der Waals surface area contributed by atoms with Gasteiger partial charge in [0.2, 0.25) is 5.88 Å². The summed E-state index contributed by atoms with van der Waals surface area (Å²) >= 11 is 1.50. The van der Waals surface area contributed by atoms with Crippen LogP contribution in [0.25, 0.3) is 0 Å². The summed E-state index contributed by atoms with van der Waals surface area (Å²) in [5, 5.41) is 11.8. The Morgan fingerprint density at radius 1 is 1.18 bits per heavy atom. The Morgan fingerprint density at radius 2 is 1.98 bits per heavy atom. The highest BCUT2D eigenvalue weighted by molar-refractivity contribution is 7.99. The Labute approximate surface area is 259 Å². The number of methoxy groups -OCH3 is 1. The van der Waals surface area contributed by atoms with E-state index in [0.29, 0.717) is 36.9 Å². The van der Waals surface area contributed by atoms with E-state index in [4.69, 9.17) is 14.0 Å². The summed E-state index contributed by atoms with van der Waals surface area (Å²) in [6.07, 6.45) is 2.38. The number of ether oxygens (including phenoxy) is 2. The number of fused-ring (bicyclic) bond motifs is 1. The van der Waals surface area contributed by atoms with E-state index >= 15 is 0 Å². The molecule has 44 heavy (non-hydrogen) atoms. The van der Waals surface area contributed by atoms with Crippen LogP contribution < -0.4 is 25.4 Å². The van der Waals surface area contributed by atoms with Gasteiger partial charge in [-0.05, 0) is 44.5 Å². The summed E-state index contributed by atoms with van der Waals surface area (Å²) in [5.41, 5.74) is 0.676. The summed E-state index contributed by atoms with van der Waals surface area (Å²) in [4.78, 5) is 20.2. The fourth-order valence-corrected chi connectivity index (χ4v) is 6.97. The number of nitrogens with zero attached hydrogens (tertiary/aromatic N) is 3. The lowest BCUT2D eigenvalue weighted by Crippen LogP contribution is -2.40. The number of benzene rings is 2. The standard InChI is InChI=1S/C29H35FN6O6S2/c1-29(2,30)25-17-26(42-35-25)34-28(37)33-19-6-4-7-20(14-19)43-27-21-15-24(23(40-3)16-22(21)31-18-32-27)41-11-5-8-36-9-12-44(38,39)13-10-36/h4,6-7,14-18,27H,5,8-13H2,1-3H3,(H,31,32)(H2,33,34,37). The predicted molar refractivity (Wildman–Crippen MR) is 169 cm³/mol. The van der Waals surface area contributed by atoms with Crippen LogP contribution in [0.15, 0.2) is 56.9 Å². The largest absolute Gasteiger partial charge is 0.493 e. The predicted octanol–water partition coefficient (Wildman–Crippen LogP) is 5.28. The van der Waals surface area contributed by atoms with E-state index in [1.165, 1.54) is 31.7 Å². The topological polar surface area (TPSA) is 147 Å². The van der Waals surface area contributed by atoms with E-state index in [1.807, 2.05) is 30.3 Å². The van der Waals surface area contributed by atoms with Crippen LogP contribution in [0.1, 0.15) is 36.9 Å². The molecule has 0 spiro atoms. The second-order valence-electron chi connectivity index (χ2n) is 10.8. The van der Waals surface area contributed by atoms with Crippen molar-refractivity contribution in [2.45, 2.75) is 36.2 Å². The Bertz CT molecular complexity index is 1610. The first kappa shape index (κ1) is 31.6. The van der Waals surface area contributed by atoms with Crippen molar-refractivity contribution in [2.24, 2.45) is 4.99 Å². The molecule has 1 unspecified atom stereocenters. The monoisotopic (exact) mass is 646 g/mol. The SMILES string of the molecule is COc1cc2c(cc1OCCCN1CCS(=O)(=O)CC1)C(Sc1cccc(NC(=O)Nc3cc(C(C)(C)F)no3)c1)N=CN2. The molecule has 1 saturated heterocycles. The van der Waals surface area contributed by atoms with E-state index in [2.05, 4.69) is 31.0 Å². The maximum absolute atomic E-state index is 14.1. The second-order valence-corrected chi connectivity index (χ2v) is 14.3. The zero-order valence-corrected chi connectivity index (χ0v) is 26.3. The smallest absolute Gasteiger partial charge is 0.326 e. The quantitative estimate of drug-likeness (QED) is 0.235. The third-order valence-electron chi connectivity index (χ3n) is 7.04. The lowest BCUT2D eigenvalue weighted by molar-refractivity contribution is 0.205. The van der Waals surface area contributed by atoms with E-state index < -0.39 is 21.5 Å². The van der Waals surface area contributed by atoms with Gasteiger partial charge in [-0.1, -0.05) is 23.0 Å². The highest BCUT2D eigenvalue weighted by atomic mass is 32.2. The number of carbonyl (C=O) groups is 1. The van der Waals surface area contributed by atoms with E-state index in [9.17, 15) is 17.6 Å². The summed E-state index contributed by atoms with van der Waals surface area (Å²) in [6.45, 7) is 5.01. The Kier molecular flexibility index (Phi) is 9.65. The number of amides is 2. The normalized spacial score (nSPS) is 17.8. The lowest BCUT2D eigenvalue weighted by Gasteiger charge is -2.26. The van der Waals surface area contributed by atoms with Crippen LogP contribution in [0.4, 0.5) is 26.4 Å². The molecule has 2 aromatic carbocycles. The molecule has 2 aliphatic rings. The molecule has 3 heterocycles. The molecule has 1 fully saturated rings. The average molecular weight is 647 g/mol. The highest BCUT2D eigenvalue weighted by Gasteiger charge is 2.25. The molecule has 2 aliphatic heterocycles. The molecule has 2 amide bonds. The number of halogens is 1. The van der Waals surface area contributed by atoms with Crippen LogP contribution in [-0.2, 0) is 15.5 Å². The van der Waals surface area contributed by atoms with Crippen LogP contribution in [-0.4, -0.2) is 75.7 Å². The summed E-state index contributed by atoms with van der Waals surface area (Å²) < 4.78 is 54.1. The number of urea groups is 1. The van der Waals surface area contributed by atoms with Gasteiger partial charge in [-0.15, -0.1) is 0 Å². The van der Waals surface area contributed by atoms with Crippen LogP contribution in [0.5, 0.6) is 11.5 Å². The molecule has 12 nitrogen and oxygen atoms in total. The van der Waals surface area contributed by atoms with Gasteiger partial charge >= 0.3 is 6.03 Å². The van der Waals surface area contributed by atoms with Gasteiger partial charge in [0.15, 0.2) is 27.0 Å². The maximum atomic E-state index is 14.1. The fourth-order valence-electron chi connectivity index (χ4n) is 4.63. The van der Waals surface area contributed by atoms with E-state index in [0.717, 1.165) is 29.1 Å². The Hall–Kier alpha value is -3.82. The number of anilines is 3. The van der Waals surface area contributed by atoms with Gasteiger partial charge in [0.25, 0.3) is 0 Å². The molecular weight excluding hydrogens is 611 g/mol. The van der Waals surface area contributed by atoms with Gasteiger partial charge < -0.3 is 29.5 Å². The molecule has 0 aliphatic carbocycles. The van der Waals surface area contributed by atoms with Crippen molar-refractivity contribution in [3.63, 3.8) is 0 Å². The van der Waals surface area contributed by atoms with Crippen molar-refractivity contribution in [3.8, 4) is 11.5 Å². The number of thioether (sulfide) groups is 1. The molecule has 15 heteroatoms. The van der Waals surface area contributed by atoms with Gasteiger partial charge in [0, 0.05) is 53.6 Å². The minimum absolute atomic E-state index is 0.0322. The lowest BCUT2D eigenvalue weighted by atomic mass is 10.1. The molecule has 236 valence electrons. The van der Waals surface area contributed by atoms with Gasteiger partial charge in [0.05, 0.1) is 31.6 Å². The van der Waals surface area contributed by atoms with Crippen LogP contribution in [0.2, 0.25) is 0 Å². The van der Waals surface area contributed by atoms with Crippen molar-refractivity contribution in [1.29, 1.82) is 0 Å². The first-order valence-electron chi connectivity index (χ1n) is 14.1. The highest BCUT2D eigenvalue weighted by Crippen LogP contribution is 2.45. The molecule has 1 aromatic heterocycles. The number of hydrogen-bond acceptors (Lipinski definition) is 11. The van der Waals surface area contributed by atoms with E-state index in [1.54, 1.807) is 19.5 Å². The molecule has 0 radical (unpaired) electrons. The molecule has 1 atom stereocenters. The number of carbonyl (C=O) groups excluding carboxylic acids is 1. The minimum Gasteiger partial charge on any atom is -0.493 e. The van der Waals surface area contributed by atoms with Crippen molar-refractivity contribution in [3.05, 3.63) is 53.7 Å². The van der Waals surface area contributed by atoms with Crippen LogP contribution in [0, 0.1) is 0 Å². The number of sulfone groups is 1. The van der Waals surface area contributed by atoms with Gasteiger partial charge in [0.1, 0.15) is 11.1 Å². The summed E-state index contributed by atoms with van der Waals surface area (Å²) in [5.74, 6) is 1.62. The zero-order chi connectivity index (χ0) is 31.3. The Balaban J connectivity index is 1.20. The molecule has 5 rings (SSSR count). The number of hydrogen-bond donors (Lipinski definition) is 3. The first-order chi connectivity index (χ1) is 21.0. The number of rotatable bonds is 11. The molecule has 0 saturated carbocycles. The van der Waals surface area contributed by atoms with Crippen molar-refractivity contribution in [2.75, 3.05) is 60.8 Å². The molecular formula is C29H35FN6O6S2. The zero-order valence-electron chi connectivity index (χ0n) is 24.6. The fraction of sp³-hybridized carbons (Fsp3) is 0.414. The number of nitrogens with one attached hydrogen (secondary N) is 3. The molecule has 3 aromatic rings. The number of alkyl halides is 1. The second kappa shape index (κ2) is 13.4. The number of aliphatic imine (C=N–C) groups is 1. The van der Waals surface area contributed by atoms with Gasteiger partial charge in [-0.2, -0.15) is 0 Å². The van der Waals surface area contributed by atoms with Crippen molar-refractivity contribution >= 4 is 51.2 Å². The third-order valence-corrected chi connectivity index (χ3v) is 9.77. The van der Waals surface area contributed by atoms with Crippen LogP contribution in [0.3, 0.4) is 0 Å². The average Bonchev–Trinajstić information content (AvgIpc) is 3.45. The Morgan fingerprint density at radius 3 is 2.70 bits per heavy atom. The molecule has 0 bridgehead atoms. The third kappa shape index (κ3) is 8.21. The molecule has 3 N–H and O–H groups in total. The van der Waals surface area contributed by atoms with E-state index in [-0.39, 0.29) is 28.5 Å².